The highest BCUT2D eigenvalue weighted by Gasteiger charge is 2.42. The van der Waals surface area contributed by atoms with Crippen molar-refractivity contribution in [2.24, 2.45) is 0 Å². The zero-order valence-electron chi connectivity index (χ0n) is 13.7. The largest absolute Gasteiger partial charge is 0.0651 e. The molecule has 0 fully saturated rings. The van der Waals surface area contributed by atoms with Gasteiger partial charge >= 0.3 is 0 Å². The molecule has 25 heavy (non-hydrogen) atoms. The molecule has 0 unspecified atom stereocenters. The van der Waals surface area contributed by atoms with Gasteiger partial charge in [0.05, 0.1) is 5.41 Å². The fourth-order valence-electron chi connectivity index (χ4n) is 4.70. The Balaban J connectivity index is 1.69. The Bertz CT molecular complexity index is 1090. The van der Waals surface area contributed by atoms with Crippen LogP contribution in [0, 0.1) is 0 Å². The van der Waals surface area contributed by atoms with Gasteiger partial charge in [-0.25, -0.2) is 0 Å². The third kappa shape index (κ3) is 1.57. The van der Waals surface area contributed by atoms with Crippen molar-refractivity contribution in [3.63, 3.8) is 0 Å². The van der Waals surface area contributed by atoms with Gasteiger partial charge in [-0.2, -0.15) is 0 Å². The van der Waals surface area contributed by atoms with Crippen molar-refractivity contribution in [3.05, 3.63) is 119 Å². The summed E-state index contributed by atoms with van der Waals surface area (Å²) in [5.74, 6) is 0. The Kier molecular flexibility index (Phi) is 2.37. The minimum absolute atomic E-state index is 0.155. The zero-order chi connectivity index (χ0) is 16.4. The van der Waals surface area contributed by atoms with Crippen LogP contribution in [0.4, 0.5) is 0 Å². The summed E-state index contributed by atoms with van der Waals surface area (Å²) in [5.41, 5.74) is 10.7. The van der Waals surface area contributed by atoms with E-state index in [2.05, 4.69) is 97.1 Å². The number of hydrogen-bond donors (Lipinski definition) is 0. The first-order valence-electron chi connectivity index (χ1n) is 8.80. The van der Waals surface area contributed by atoms with Gasteiger partial charge in [0, 0.05) is 0 Å². The van der Waals surface area contributed by atoms with Gasteiger partial charge < -0.3 is 0 Å². The Morgan fingerprint density at radius 2 is 1.20 bits per heavy atom. The maximum Gasteiger partial charge on any atom is 0.0587 e. The van der Waals surface area contributed by atoms with Crippen LogP contribution in [-0.2, 0) is 5.41 Å². The number of hydrogen-bond acceptors (Lipinski definition) is 0. The first kappa shape index (κ1) is 13.2. The average molecular weight is 316 g/mol. The summed E-state index contributed by atoms with van der Waals surface area (Å²) in [6.07, 6.45) is 9.49. The van der Waals surface area contributed by atoms with E-state index in [0.717, 1.165) is 0 Å². The van der Waals surface area contributed by atoms with Crippen molar-refractivity contribution < 1.29 is 0 Å². The topological polar surface area (TPSA) is 0 Å². The third-order valence-electron chi connectivity index (χ3n) is 5.81. The molecule has 0 radical (unpaired) electrons. The summed E-state index contributed by atoms with van der Waals surface area (Å²) in [7, 11) is 0. The lowest BCUT2D eigenvalue weighted by Gasteiger charge is -2.29. The predicted molar refractivity (Wildman–Crippen MR) is 104 cm³/mol. The second-order valence-corrected chi connectivity index (χ2v) is 7.04. The van der Waals surface area contributed by atoms with Crippen LogP contribution in [0.1, 0.15) is 22.3 Å². The molecule has 116 valence electrons. The fourth-order valence-corrected chi connectivity index (χ4v) is 4.70. The lowest BCUT2D eigenvalue weighted by Crippen LogP contribution is -2.22. The zero-order valence-corrected chi connectivity index (χ0v) is 13.7. The van der Waals surface area contributed by atoms with Crippen molar-refractivity contribution in [2.75, 3.05) is 0 Å². The quantitative estimate of drug-likeness (QED) is 0.477. The van der Waals surface area contributed by atoms with E-state index in [9.17, 15) is 0 Å². The standard InChI is InChI=1S/C25H16/c1-2-8-19-17(7-1)15-18-13-14-25(16-22(18)19)23-11-5-3-9-20(23)21-10-4-6-12-24(21)25/h1-16H. The Morgan fingerprint density at radius 3 is 1.92 bits per heavy atom. The number of allylic oxidation sites excluding steroid dienone is 5. The molecule has 0 aliphatic heterocycles. The molecule has 3 aromatic rings. The van der Waals surface area contributed by atoms with E-state index in [-0.39, 0.29) is 5.41 Å². The van der Waals surface area contributed by atoms with Gasteiger partial charge in [0.15, 0.2) is 0 Å². The van der Waals surface area contributed by atoms with Crippen LogP contribution in [0.5, 0.6) is 0 Å². The minimum atomic E-state index is -0.155. The molecule has 6 rings (SSSR count). The van der Waals surface area contributed by atoms with Gasteiger partial charge in [0.1, 0.15) is 0 Å². The van der Waals surface area contributed by atoms with Crippen LogP contribution in [0.2, 0.25) is 0 Å². The smallest absolute Gasteiger partial charge is 0.0587 e. The highest BCUT2D eigenvalue weighted by atomic mass is 14.4. The minimum Gasteiger partial charge on any atom is -0.0651 e. The summed E-state index contributed by atoms with van der Waals surface area (Å²) >= 11 is 0. The molecule has 0 saturated heterocycles. The van der Waals surface area contributed by atoms with E-state index in [1.807, 2.05) is 0 Å². The summed E-state index contributed by atoms with van der Waals surface area (Å²) in [5, 5.41) is 0. The molecular formula is C25H16. The molecule has 0 bridgehead atoms. The lowest BCUT2D eigenvalue weighted by molar-refractivity contribution is 0.840. The van der Waals surface area contributed by atoms with E-state index in [0.29, 0.717) is 0 Å². The molecule has 0 heterocycles. The van der Waals surface area contributed by atoms with E-state index >= 15 is 0 Å². The number of benzene rings is 3. The van der Waals surface area contributed by atoms with E-state index < -0.39 is 0 Å². The monoisotopic (exact) mass is 316 g/mol. The van der Waals surface area contributed by atoms with Gasteiger partial charge in [-0.3, -0.25) is 0 Å². The first-order chi connectivity index (χ1) is 12.4. The van der Waals surface area contributed by atoms with Crippen molar-refractivity contribution in [1.82, 2.24) is 0 Å². The van der Waals surface area contributed by atoms with E-state index in [1.165, 1.54) is 44.5 Å². The average Bonchev–Trinajstić information content (AvgIpc) is 3.17. The summed E-state index contributed by atoms with van der Waals surface area (Å²) in [6, 6.07) is 26.4. The van der Waals surface area contributed by atoms with Gasteiger partial charge in [-0.1, -0.05) is 91.0 Å². The Labute approximate surface area is 147 Å². The second kappa shape index (κ2) is 4.49. The molecule has 0 nitrogen and oxygen atoms in total. The van der Waals surface area contributed by atoms with Crippen LogP contribution in [0.15, 0.2) is 96.6 Å². The third-order valence-corrected chi connectivity index (χ3v) is 5.81. The van der Waals surface area contributed by atoms with Crippen LogP contribution in [0.25, 0.3) is 22.8 Å². The number of rotatable bonds is 0. The summed E-state index contributed by atoms with van der Waals surface area (Å²) in [6.45, 7) is 0. The van der Waals surface area contributed by atoms with Crippen LogP contribution in [0.3, 0.4) is 0 Å². The Morgan fingerprint density at radius 1 is 0.600 bits per heavy atom. The number of fused-ring (bicyclic) bond motifs is 8. The molecular weight excluding hydrogens is 300 g/mol. The van der Waals surface area contributed by atoms with Gasteiger partial charge in [0.2, 0.25) is 0 Å². The van der Waals surface area contributed by atoms with Crippen LogP contribution < -0.4 is 0 Å². The predicted octanol–water partition coefficient (Wildman–Crippen LogP) is 6.00. The molecule has 3 aromatic carbocycles. The van der Waals surface area contributed by atoms with Crippen LogP contribution in [-0.4, -0.2) is 0 Å². The van der Waals surface area contributed by atoms with E-state index in [1.54, 1.807) is 0 Å². The van der Waals surface area contributed by atoms with Crippen molar-refractivity contribution >= 4 is 11.6 Å². The summed E-state index contributed by atoms with van der Waals surface area (Å²) < 4.78 is 0. The molecule has 0 heteroatoms. The highest BCUT2D eigenvalue weighted by molar-refractivity contribution is 6.00. The normalized spacial score (nSPS) is 17.4. The molecule has 3 aliphatic carbocycles. The lowest BCUT2D eigenvalue weighted by atomic mass is 9.72. The van der Waals surface area contributed by atoms with Gasteiger partial charge in [-0.15, -0.1) is 0 Å². The molecule has 0 saturated carbocycles. The molecule has 0 amide bonds. The first-order valence-corrected chi connectivity index (χ1v) is 8.80. The van der Waals surface area contributed by atoms with Crippen LogP contribution >= 0.6 is 0 Å². The van der Waals surface area contributed by atoms with Gasteiger partial charge in [-0.05, 0) is 50.6 Å². The van der Waals surface area contributed by atoms with Crippen molar-refractivity contribution in [2.45, 2.75) is 5.41 Å². The molecule has 3 aliphatic rings. The molecule has 0 N–H and O–H groups in total. The van der Waals surface area contributed by atoms with Gasteiger partial charge in [0.25, 0.3) is 0 Å². The highest BCUT2D eigenvalue weighted by Crippen LogP contribution is 2.54. The second-order valence-electron chi connectivity index (χ2n) is 7.04. The van der Waals surface area contributed by atoms with Crippen molar-refractivity contribution in [3.8, 4) is 11.1 Å². The van der Waals surface area contributed by atoms with Crippen molar-refractivity contribution in [1.29, 1.82) is 0 Å². The maximum atomic E-state index is 2.48. The molecule has 0 aromatic heterocycles. The SMILES string of the molecule is C1=CC2(C=C3C1=Cc1ccccc13)c1ccccc1-c1ccccc12. The fraction of sp³-hybridized carbons (Fsp3) is 0.0400. The Hall–Kier alpha value is -3.12. The molecule has 1 spiro atoms. The molecule has 0 atom stereocenters. The summed E-state index contributed by atoms with van der Waals surface area (Å²) in [4.78, 5) is 0. The maximum absolute atomic E-state index is 2.48. The van der Waals surface area contributed by atoms with E-state index in [4.69, 9.17) is 0 Å².